The molecule has 2 heterocycles. The summed E-state index contributed by atoms with van der Waals surface area (Å²) in [5.41, 5.74) is 5.24. The highest BCUT2D eigenvalue weighted by Gasteiger charge is 2.44. The molecule has 2 fully saturated rings. The molecule has 0 bridgehead atoms. The number of aryl methyl sites for hydroxylation is 3. The third-order valence-electron chi connectivity index (χ3n) is 6.42. The third kappa shape index (κ3) is 2.81. The number of pyridine rings is 1. The minimum absolute atomic E-state index is 0.133. The maximum Gasteiger partial charge on any atom is 0.255 e. The summed E-state index contributed by atoms with van der Waals surface area (Å²) in [6.07, 6.45) is 6.10. The standard InChI is InChI=1S/C23H26N4O/c1-14-6-4-5-7-20(14)16-10-19(11-16)27(18-8-9-18)23(28)17-12-21-15(2)25-26(3)22(21)24-13-17/h4-7,12-13,16,18-19H,8-11H2,1-3H3. The van der Waals surface area contributed by atoms with E-state index in [1.165, 1.54) is 11.1 Å². The lowest BCUT2D eigenvalue weighted by molar-refractivity contribution is 0.0516. The SMILES string of the molecule is Cc1ccccc1C1CC(N(C(=O)c2cnc3c(c2)c(C)nn3C)C2CC2)C1. The van der Waals surface area contributed by atoms with E-state index in [0.29, 0.717) is 23.6 Å². The van der Waals surface area contributed by atoms with Crippen LogP contribution in [0.3, 0.4) is 0 Å². The second-order valence-electron chi connectivity index (χ2n) is 8.43. The van der Waals surface area contributed by atoms with Gasteiger partial charge < -0.3 is 4.90 Å². The fourth-order valence-corrected chi connectivity index (χ4v) is 4.67. The molecule has 2 aliphatic rings. The van der Waals surface area contributed by atoms with Crippen LogP contribution < -0.4 is 0 Å². The zero-order chi connectivity index (χ0) is 19.4. The Kier molecular flexibility index (Phi) is 4.00. The van der Waals surface area contributed by atoms with Gasteiger partial charge in [0.1, 0.15) is 0 Å². The Morgan fingerprint density at radius 3 is 2.61 bits per heavy atom. The topological polar surface area (TPSA) is 51.0 Å². The van der Waals surface area contributed by atoms with Crippen LogP contribution in [0.25, 0.3) is 11.0 Å². The molecule has 5 heteroatoms. The third-order valence-corrected chi connectivity index (χ3v) is 6.42. The smallest absolute Gasteiger partial charge is 0.255 e. The van der Waals surface area contributed by atoms with Gasteiger partial charge in [-0.15, -0.1) is 0 Å². The molecule has 2 aromatic heterocycles. The average molecular weight is 374 g/mol. The van der Waals surface area contributed by atoms with Gasteiger partial charge in [0.05, 0.1) is 11.3 Å². The normalized spacial score (nSPS) is 21.5. The van der Waals surface area contributed by atoms with Crippen LogP contribution in [-0.4, -0.2) is 37.7 Å². The molecule has 3 aromatic rings. The zero-order valence-electron chi connectivity index (χ0n) is 16.7. The highest BCUT2D eigenvalue weighted by atomic mass is 16.2. The minimum Gasteiger partial charge on any atom is -0.333 e. The Morgan fingerprint density at radius 1 is 1.14 bits per heavy atom. The highest BCUT2D eigenvalue weighted by Crippen LogP contribution is 2.45. The summed E-state index contributed by atoms with van der Waals surface area (Å²) in [5.74, 6) is 0.704. The van der Waals surface area contributed by atoms with E-state index < -0.39 is 0 Å². The molecule has 144 valence electrons. The molecule has 0 radical (unpaired) electrons. The molecule has 2 saturated carbocycles. The minimum atomic E-state index is 0.133. The van der Waals surface area contributed by atoms with Crippen molar-refractivity contribution < 1.29 is 4.79 Å². The van der Waals surface area contributed by atoms with E-state index in [0.717, 1.165) is 42.4 Å². The molecule has 0 aliphatic heterocycles. The monoisotopic (exact) mass is 374 g/mol. The van der Waals surface area contributed by atoms with Crippen molar-refractivity contribution in [2.24, 2.45) is 7.05 Å². The fraction of sp³-hybridized carbons (Fsp3) is 0.435. The number of aromatic nitrogens is 3. The molecule has 0 atom stereocenters. The zero-order valence-corrected chi connectivity index (χ0v) is 16.7. The van der Waals surface area contributed by atoms with Gasteiger partial charge in [-0.1, -0.05) is 24.3 Å². The first-order valence-electron chi connectivity index (χ1n) is 10.2. The number of fused-ring (bicyclic) bond motifs is 1. The number of amides is 1. The molecule has 28 heavy (non-hydrogen) atoms. The van der Waals surface area contributed by atoms with Crippen molar-refractivity contribution in [3.63, 3.8) is 0 Å². The number of hydrogen-bond donors (Lipinski definition) is 0. The largest absolute Gasteiger partial charge is 0.333 e. The van der Waals surface area contributed by atoms with Crippen molar-refractivity contribution in [1.82, 2.24) is 19.7 Å². The predicted molar refractivity (Wildman–Crippen MR) is 109 cm³/mol. The molecule has 0 unspecified atom stereocenters. The quantitative estimate of drug-likeness (QED) is 0.690. The van der Waals surface area contributed by atoms with E-state index in [9.17, 15) is 4.79 Å². The lowest BCUT2D eigenvalue weighted by Crippen LogP contribution is -2.48. The number of hydrogen-bond acceptors (Lipinski definition) is 3. The molecular formula is C23H26N4O. The van der Waals surface area contributed by atoms with Gasteiger partial charge in [-0.3, -0.25) is 9.48 Å². The van der Waals surface area contributed by atoms with Crippen molar-refractivity contribution in [2.75, 3.05) is 0 Å². The van der Waals surface area contributed by atoms with Gasteiger partial charge in [0, 0.05) is 30.7 Å². The molecule has 2 aliphatic carbocycles. The maximum absolute atomic E-state index is 13.4. The molecule has 0 spiro atoms. The van der Waals surface area contributed by atoms with Crippen molar-refractivity contribution in [1.29, 1.82) is 0 Å². The van der Waals surface area contributed by atoms with E-state index in [4.69, 9.17) is 0 Å². The molecule has 1 amide bonds. The van der Waals surface area contributed by atoms with Crippen LogP contribution in [0.5, 0.6) is 0 Å². The van der Waals surface area contributed by atoms with Crippen LogP contribution in [0.15, 0.2) is 36.5 Å². The molecule has 1 aromatic carbocycles. The Bertz CT molecular complexity index is 1060. The highest BCUT2D eigenvalue weighted by molar-refractivity contribution is 5.98. The first-order chi connectivity index (χ1) is 13.5. The van der Waals surface area contributed by atoms with Crippen molar-refractivity contribution in [3.05, 3.63) is 58.9 Å². The summed E-state index contributed by atoms with van der Waals surface area (Å²) in [7, 11) is 1.89. The van der Waals surface area contributed by atoms with Gasteiger partial charge in [-0.25, -0.2) is 4.98 Å². The Hall–Kier alpha value is -2.69. The van der Waals surface area contributed by atoms with E-state index >= 15 is 0 Å². The van der Waals surface area contributed by atoms with Crippen LogP contribution >= 0.6 is 0 Å². The summed E-state index contributed by atoms with van der Waals surface area (Å²) in [6.45, 7) is 4.15. The van der Waals surface area contributed by atoms with Crippen LogP contribution in [-0.2, 0) is 7.05 Å². The van der Waals surface area contributed by atoms with Crippen molar-refractivity contribution >= 4 is 16.9 Å². The Morgan fingerprint density at radius 2 is 1.89 bits per heavy atom. The van der Waals surface area contributed by atoms with E-state index in [-0.39, 0.29) is 5.91 Å². The summed E-state index contributed by atoms with van der Waals surface area (Å²) in [4.78, 5) is 20.1. The second kappa shape index (κ2) is 6.43. The lowest BCUT2D eigenvalue weighted by atomic mass is 9.73. The van der Waals surface area contributed by atoms with Crippen LogP contribution in [0, 0.1) is 13.8 Å². The maximum atomic E-state index is 13.4. The van der Waals surface area contributed by atoms with Crippen LogP contribution in [0.2, 0.25) is 0 Å². The number of carbonyl (C=O) groups is 1. The summed E-state index contributed by atoms with van der Waals surface area (Å²) in [5, 5.41) is 5.39. The summed E-state index contributed by atoms with van der Waals surface area (Å²) < 4.78 is 1.77. The van der Waals surface area contributed by atoms with Gasteiger partial charge in [-0.05, 0) is 62.6 Å². The first-order valence-corrected chi connectivity index (χ1v) is 10.2. The molecule has 5 rings (SSSR count). The predicted octanol–water partition coefficient (Wildman–Crippen LogP) is 4.14. The molecular weight excluding hydrogens is 348 g/mol. The van der Waals surface area contributed by atoms with Gasteiger partial charge >= 0.3 is 0 Å². The number of nitrogens with zero attached hydrogens (tertiary/aromatic N) is 4. The van der Waals surface area contributed by atoms with Gasteiger partial charge in [-0.2, -0.15) is 5.10 Å². The fourth-order valence-electron chi connectivity index (χ4n) is 4.67. The van der Waals surface area contributed by atoms with Crippen molar-refractivity contribution in [3.8, 4) is 0 Å². The van der Waals surface area contributed by atoms with E-state index in [1.807, 2.05) is 20.0 Å². The molecule has 5 nitrogen and oxygen atoms in total. The lowest BCUT2D eigenvalue weighted by Gasteiger charge is -2.44. The van der Waals surface area contributed by atoms with Crippen molar-refractivity contribution in [2.45, 2.75) is 57.5 Å². The Balaban J connectivity index is 1.38. The Labute approximate surface area is 165 Å². The van der Waals surface area contributed by atoms with Crippen LogP contribution in [0.1, 0.15) is 58.8 Å². The average Bonchev–Trinajstić information content (AvgIpc) is 3.44. The van der Waals surface area contributed by atoms with E-state index in [2.05, 4.69) is 46.2 Å². The first kappa shape index (κ1) is 17.4. The molecule has 0 saturated heterocycles. The summed E-state index contributed by atoms with van der Waals surface area (Å²) >= 11 is 0. The van der Waals surface area contributed by atoms with Crippen LogP contribution in [0.4, 0.5) is 0 Å². The van der Waals surface area contributed by atoms with Gasteiger partial charge in [0.15, 0.2) is 5.65 Å². The van der Waals surface area contributed by atoms with Gasteiger partial charge in [0.25, 0.3) is 5.91 Å². The summed E-state index contributed by atoms with van der Waals surface area (Å²) in [6, 6.07) is 11.4. The van der Waals surface area contributed by atoms with E-state index in [1.54, 1.807) is 10.9 Å². The molecule has 0 N–H and O–H groups in total. The number of carbonyl (C=O) groups excluding carboxylic acids is 1. The van der Waals surface area contributed by atoms with Gasteiger partial charge in [0.2, 0.25) is 0 Å². The number of benzene rings is 1. The second-order valence-corrected chi connectivity index (χ2v) is 8.43. The number of rotatable bonds is 4.